The molecule has 1 atom stereocenters. The van der Waals surface area contributed by atoms with Crippen LogP contribution in [0.3, 0.4) is 0 Å². The number of hydrogen-bond donors (Lipinski definition) is 2. The first-order valence-corrected chi connectivity index (χ1v) is 8.91. The summed E-state index contributed by atoms with van der Waals surface area (Å²) < 4.78 is 0. The van der Waals surface area contributed by atoms with Crippen LogP contribution in [-0.2, 0) is 0 Å². The Kier molecular flexibility index (Phi) is 7.11. The van der Waals surface area contributed by atoms with E-state index in [0.29, 0.717) is 5.75 Å². The highest BCUT2D eigenvalue weighted by molar-refractivity contribution is 7.10. The lowest BCUT2D eigenvalue weighted by atomic mass is 9.95. The summed E-state index contributed by atoms with van der Waals surface area (Å²) in [6.07, 6.45) is 0. The van der Waals surface area contributed by atoms with Crippen molar-refractivity contribution in [3.05, 3.63) is 64.4 Å². The van der Waals surface area contributed by atoms with Gasteiger partial charge < -0.3 is 10.4 Å². The zero-order chi connectivity index (χ0) is 15.6. The van der Waals surface area contributed by atoms with Crippen LogP contribution in [0.5, 0.6) is 5.75 Å². The van der Waals surface area contributed by atoms with Crippen LogP contribution in [0.15, 0.2) is 53.9 Å². The molecule has 0 spiro atoms. The van der Waals surface area contributed by atoms with Gasteiger partial charge in [-0.1, -0.05) is 36.4 Å². The molecule has 2 aromatic carbocycles. The SMILES string of the molecule is Cl.Cl.Oc1ccc2ccccc2c1[C@H](c1cccs1)N1CCNCC1. The van der Waals surface area contributed by atoms with Gasteiger partial charge in [0, 0.05) is 36.6 Å². The molecule has 0 bridgehead atoms. The van der Waals surface area contributed by atoms with Crippen LogP contribution in [0.25, 0.3) is 10.8 Å². The largest absolute Gasteiger partial charge is 0.508 e. The molecule has 0 aliphatic carbocycles. The predicted molar refractivity (Wildman–Crippen MR) is 111 cm³/mol. The minimum absolute atomic E-state index is 0. The van der Waals surface area contributed by atoms with E-state index in [1.54, 1.807) is 11.3 Å². The molecular weight excluding hydrogens is 375 g/mol. The lowest BCUT2D eigenvalue weighted by Crippen LogP contribution is -2.45. The number of fused-ring (bicyclic) bond motifs is 1. The summed E-state index contributed by atoms with van der Waals surface area (Å²) >= 11 is 1.76. The third-order valence-electron chi connectivity index (χ3n) is 4.55. The highest BCUT2D eigenvalue weighted by Gasteiger charge is 2.28. The highest BCUT2D eigenvalue weighted by atomic mass is 35.5. The van der Waals surface area contributed by atoms with E-state index in [4.69, 9.17) is 0 Å². The fraction of sp³-hybridized carbons (Fsp3) is 0.263. The van der Waals surface area contributed by atoms with Gasteiger partial charge in [-0.25, -0.2) is 0 Å². The fourth-order valence-corrected chi connectivity index (χ4v) is 4.33. The van der Waals surface area contributed by atoms with Gasteiger partial charge in [-0.05, 0) is 28.3 Å². The minimum atomic E-state index is 0. The van der Waals surface area contributed by atoms with E-state index in [2.05, 4.69) is 45.9 Å². The molecule has 0 amide bonds. The summed E-state index contributed by atoms with van der Waals surface area (Å²) in [6.45, 7) is 3.97. The third kappa shape index (κ3) is 3.94. The maximum absolute atomic E-state index is 10.7. The van der Waals surface area contributed by atoms with Gasteiger partial charge >= 0.3 is 0 Å². The second-order valence-electron chi connectivity index (χ2n) is 5.92. The quantitative estimate of drug-likeness (QED) is 0.686. The summed E-state index contributed by atoms with van der Waals surface area (Å²) in [6, 6.07) is 16.5. The molecular formula is C19H22Cl2N2OS. The number of halogens is 2. The maximum Gasteiger partial charge on any atom is 0.121 e. The Balaban J connectivity index is 0.00000113. The first-order chi connectivity index (χ1) is 11.3. The van der Waals surface area contributed by atoms with Crippen molar-refractivity contribution < 1.29 is 5.11 Å². The molecule has 2 N–H and O–H groups in total. The Hall–Kier alpha value is -1.30. The number of hydrogen-bond acceptors (Lipinski definition) is 4. The first-order valence-electron chi connectivity index (χ1n) is 8.03. The maximum atomic E-state index is 10.7. The average molecular weight is 397 g/mol. The number of benzene rings is 2. The lowest BCUT2D eigenvalue weighted by Gasteiger charge is -2.35. The number of nitrogens with zero attached hydrogens (tertiary/aromatic N) is 1. The predicted octanol–water partition coefficient (Wildman–Crippen LogP) is 4.45. The van der Waals surface area contributed by atoms with Crippen molar-refractivity contribution in [2.45, 2.75) is 6.04 Å². The summed E-state index contributed by atoms with van der Waals surface area (Å²) in [4.78, 5) is 3.77. The van der Waals surface area contributed by atoms with Gasteiger partial charge in [-0.2, -0.15) is 0 Å². The zero-order valence-electron chi connectivity index (χ0n) is 13.7. The molecule has 3 nitrogen and oxygen atoms in total. The van der Waals surface area contributed by atoms with E-state index < -0.39 is 0 Å². The molecule has 4 rings (SSSR count). The van der Waals surface area contributed by atoms with E-state index in [0.717, 1.165) is 37.1 Å². The van der Waals surface area contributed by atoms with E-state index >= 15 is 0 Å². The van der Waals surface area contributed by atoms with E-state index in [1.807, 2.05) is 18.2 Å². The smallest absolute Gasteiger partial charge is 0.121 e. The van der Waals surface area contributed by atoms with Gasteiger partial charge in [0.15, 0.2) is 0 Å². The monoisotopic (exact) mass is 396 g/mol. The molecule has 1 fully saturated rings. The average Bonchev–Trinajstić information content (AvgIpc) is 3.12. The molecule has 1 aliphatic rings. The van der Waals surface area contributed by atoms with Crippen LogP contribution in [0.2, 0.25) is 0 Å². The number of phenolic OH excluding ortho intramolecular Hbond substituents is 1. The Labute approximate surface area is 164 Å². The van der Waals surface area contributed by atoms with Gasteiger partial charge in [0.2, 0.25) is 0 Å². The summed E-state index contributed by atoms with van der Waals surface area (Å²) in [5, 5.41) is 18.5. The normalized spacial score (nSPS) is 16.0. The van der Waals surface area contributed by atoms with Crippen molar-refractivity contribution in [1.82, 2.24) is 10.2 Å². The van der Waals surface area contributed by atoms with Crippen molar-refractivity contribution in [2.75, 3.05) is 26.2 Å². The molecule has 1 aliphatic heterocycles. The van der Waals surface area contributed by atoms with Crippen molar-refractivity contribution in [2.24, 2.45) is 0 Å². The summed E-state index contributed by atoms with van der Waals surface area (Å²) in [5.74, 6) is 0.389. The van der Waals surface area contributed by atoms with E-state index in [-0.39, 0.29) is 30.9 Å². The Morgan fingerprint density at radius 2 is 1.72 bits per heavy atom. The number of phenols is 1. The third-order valence-corrected chi connectivity index (χ3v) is 5.48. The molecule has 1 saturated heterocycles. The number of rotatable bonds is 3. The fourth-order valence-electron chi connectivity index (χ4n) is 3.46. The Bertz CT molecular complexity index is 804. The van der Waals surface area contributed by atoms with Gasteiger partial charge in [-0.3, -0.25) is 4.90 Å². The van der Waals surface area contributed by atoms with Crippen molar-refractivity contribution >= 4 is 46.9 Å². The van der Waals surface area contributed by atoms with Crippen LogP contribution in [0.1, 0.15) is 16.5 Å². The van der Waals surface area contributed by atoms with E-state index in [1.165, 1.54) is 10.3 Å². The highest BCUT2D eigenvalue weighted by Crippen LogP contribution is 2.40. The first kappa shape index (κ1) is 20.0. The minimum Gasteiger partial charge on any atom is -0.508 e. The Morgan fingerprint density at radius 1 is 0.960 bits per heavy atom. The zero-order valence-corrected chi connectivity index (χ0v) is 16.2. The number of nitrogens with one attached hydrogen (secondary N) is 1. The van der Waals surface area contributed by atoms with Crippen molar-refractivity contribution in [3.63, 3.8) is 0 Å². The van der Waals surface area contributed by atoms with Gasteiger partial charge in [0.05, 0.1) is 6.04 Å². The molecule has 25 heavy (non-hydrogen) atoms. The molecule has 2 heterocycles. The second-order valence-corrected chi connectivity index (χ2v) is 6.90. The van der Waals surface area contributed by atoms with Crippen LogP contribution in [0.4, 0.5) is 0 Å². The molecule has 0 saturated carbocycles. The van der Waals surface area contributed by atoms with Crippen molar-refractivity contribution in [3.8, 4) is 5.75 Å². The molecule has 0 radical (unpaired) electrons. The molecule has 134 valence electrons. The second kappa shape index (κ2) is 8.88. The lowest BCUT2D eigenvalue weighted by molar-refractivity contribution is 0.199. The van der Waals surface area contributed by atoms with Crippen LogP contribution >= 0.6 is 36.2 Å². The molecule has 6 heteroatoms. The molecule has 0 unspecified atom stereocenters. The number of piperazine rings is 1. The van der Waals surface area contributed by atoms with E-state index in [9.17, 15) is 5.11 Å². The number of aromatic hydroxyl groups is 1. The van der Waals surface area contributed by atoms with Crippen LogP contribution in [-0.4, -0.2) is 36.2 Å². The summed E-state index contributed by atoms with van der Waals surface area (Å²) in [5.41, 5.74) is 1.03. The molecule has 3 aromatic rings. The van der Waals surface area contributed by atoms with Crippen LogP contribution in [0, 0.1) is 0 Å². The van der Waals surface area contributed by atoms with Gasteiger partial charge in [0.1, 0.15) is 5.75 Å². The van der Waals surface area contributed by atoms with Crippen molar-refractivity contribution in [1.29, 1.82) is 0 Å². The molecule has 1 aromatic heterocycles. The van der Waals surface area contributed by atoms with Gasteiger partial charge in [-0.15, -0.1) is 36.2 Å². The number of thiophene rings is 1. The standard InChI is InChI=1S/C19H20N2OS.2ClH/c22-16-8-7-14-4-1-2-5-15(14)18(16)19(17-6-3-13-23-17)21-11-9-20-10-12-21;;/h1-8,13,19-20,22H,9-12H2;2*1H/t19-;;/m0../s1. The van der Waals surface area contributed by atoms with Gasteiger partial charge in [0.25, 0.3) is 0 Å². The Morgan fingerprint density at radius 3 is 2.44 bits per heavy atom. The van der Waals surface area contributed by atoms with Crippen LogP contribution < -0.4 is 5.32 Å². The summed E-state index contributed by atoms with van der Waals surface area (Å²) in [7, 11) is 0. The topological polar surface area (TPSA) is 35.5 Å².